The zero-order valence-electron chi connectivity index (χ0n) is 32.5. The molecule has 0 atom stereocenters. The van der Waals surface area contributed by atoms with Crippen LogP contribution in [-0.4, -0.2) is 32.3 Å². The summed E-state index contributed by atoms with van der Waals surface area (Å²) in [5, 5.41) is 8.70. The van der Waals surface area contributed by atoms with Gasteiger partial charge >= 0.3 is 11.9 Å². The molecule has 0 aliphatic heterocycles. The molecule has 0 amide bonds. The van der Waals surface area contributed by atoms with Crippen molar-refractivity contribution in [3.63, 3.8) is 0 Å². The molecule has 5 aromatic carbocycles. The Balaban J connectivity index is 1.12. The van der Waals surface area contributed by atoms with Gasteiger partial charge in [0.05, 0.1) is 37.3 Å². The number of nitrogens with zero attached hydrogens (tertiary/aromatic N) is 2. The van der Waals surface area contributed by atoms with Crippen molar-refractivity contribution >= 4 is 23.3 Å². The minimum Gasteiger partial charge on any atom is -0.497 e. The van der Waals surface area contributed by atoms with Crippen LogP contribution in [0.2, 0.25) is 0 Å². The summed E-state index contributed by atoms with van der Waals surface area (Å²) in [6, 6.07) is 36.6. The van der Waals surface area contributed by atoms with E-state index < -0.39 is 5.97 Å². The number of rotatable bonds is 23. The zero-order chi connectivity index (χ0) is 39.2. The lowest BCUT2D eigenvalue weighted by Crippen LogP contribution is -2.09. The molecule has 0 spiro atoms. The van der Waals surface area contributed by atoms with Crippen LogP contribution in [0.5, 0.6) is 28.7 Å². The van der Waals surface area contributed by atoms with E-state index in [1.807, 2.05) is 42.5 Å². The number of hydrogen-bond donors (Lipinski definition) is 0. The van der Waals surface area contributed by atoms with Crippen LogP contribution in [0.25, 0.3) is 11.1 Å². The molecule has 0 N–H and O–H groups in total. The predicted molar refractivity (Wildman–Crippen MR) is 220 cm³/mol. The lowest BCUT2D eigenvalue weighted by atomic mass is 10.1. The summed E-state index contributed by atoms with van der Waals surface area (Å²) in [5.41, 5.74) is 3.60. The fourth-order valence-corrected chi connectivity index (χ4v) is 5.89. The minimum absolute atomic E-state index is 0.242. The summed E-state index contributed by atoms with van der Waals surface area (Å²) in [5.74, 6) is 1.80. The molecular formula is C47H52N2O7. The highest BCUT2D eigenvalue weighted by Gasteiger charge is 2.12. The minimum atomic E-state index is -0.525. The molecule has 0 saturated heterocycles. The highest BCUT2D eigenvalue weighted by atomic mass is 16.5. The molecule has 0 bridgehead atoms. The Morgan fingerprint density at radius 2 is 1.07 bits per heavy atom. The van der Waals surface area contributed by atoms with Crippen LogP contribution in [0.1, 0.15) is 87.9 Å². The molecule has 0 aliphatic carbocycles. The third-order valence-electron chi connectivity index (χ3n) is 9.02. The van der Waals surface area contributed by atoms with Crippen molar-refractivity contribution in [1.82, 2.24) is 0 Å². The first-order valence-electron chi connectivity index (χ1n) is 19.6. The van der Waals surface area contributed by atoms with E-state index in [2.05, 4.69) is 17.2 Å². The number of hydrogen-bond acceptors (Lipinski definition) is 9. The summed E-state index contributed by atoms with van der Waals surface area (Å²) in [6.45, 7) is 3.21. The fraction of sp³-hybridized carbons (Fsp3) is 0.319. The first-order valence-corrected chi connectivity index (χ1v) is 19.6. The average molecular weight is 757 g/mol. The largest absolute Gasteiger partial charge is 0.497 e. The second-order valence-corrected chi connectivity index (χ2v) is 13.5. The molecule has 0 heterocycles. The van der Waals surface area contributed by atoms with E-state index in [1.165, 1.54) is 38.5 Å². The van der Waals surface area contributed by atoms with Gasteiger partial charge in [0.15, 0.2) is 0 Å². The highest BCUT2D eigenvalue weighted by Crippen LogP contribution is 2.31. The molecule has 0 saturated carbocycles. The monoisotopic (exact) mass is 756 g/mol. The summed E-state index contributed by atoms with van der Waals surface area (Å²) in [6.07, 6.45) is 11.3. The van der Waals surface area contributed by atoms with Crippen LogP contribution in [0, 0.1) is 0 Å². The molecule has 56 heavy (non-hydrogen) atoms. The summed E-state index contributed by atoms with van der Waals surface area (Å²) in [4.78, 5) is 25.7. The quantitative estimate of drug-likeness (QED) is 0.0283. The van der Waals surface area contributed by atoms with Crippen LogP contribution in [-0.2, 0) is 4.79 Å². The topological polar surface area (TPSA) is 105 Å². The van der Waals surface area contributed by atoms with Crippen molar-refractivity contribution < 1.29 is 33.3 Å². The molecule has 292 valence electrons. The predicted octanol–water partition coefficient (Wildman–Crippen LogP) is 12.7. The lowest BCUT2D eigenvalue weighted by Gasteiger charge is -2.11. The van der Waals surface area contributed by atoms with Gasteiger partial charge in [0.1, 0.15) is 28.7 Å². The third kappa shape index (κ3) is 14.4. The van der Waals surface area contributed by atoms with Gasteiger partial charge in [-0.3, -0.25) is 4.79 Å². The van der Waals surface area contributed by atoms with E-state index >= 15 is 0 Å². The molecule has 0 aliphatic rings. The average Bonchev–Trinajstić information content (AvgIpc) is 3.23. The van der Waals surface area contributed by atoms with E-state index in [0.29, 0.717) is 66.0 Å². The number of ether oxygens (including phenoxy) is 5. The third-order valence-corrected chi connectivity index (χ3v) is 9.02. The lowest BCUT2D eigenvalue weighted by molar-refractivity contribution is -0.134. The van der Waals surface area contributed by atoms with Crippen molar-refractivity contribution in [2.75, 3.05) is 20.3 Å². The van der Waals surface area contributed by atoms with E-state index in [4.69, 9.17) is 23.7 Å². The van der Waals surface area contributed by atoms with Crippen molar-refractivity contribution in [2.24, 2.45) is 10.2 Å². The van der Waals surface area contributed by atoms with Gasteiger partial charge in [-0.05, 0) is 91.1 Å². The molecule has 9 heteroatoms. The Morgan fingerprint density at radius 1 is 0.500 bits per heavy atom. The molecule has 0 unspecified atom stereocenters. The Bertz CT molecular complexity index is 1940. The number of methoxy groups -OCH3 is 1. The fourth-order valence-electron chi connectivity index (χ4n) is 5.89. The normalized spacial score (nSPS) is 11.0. The summed E-state index contributed by atoms with van der Waals surface area (Å²) in [7, 11) is 1.60. The number of azo groups is 1. The molecule has 0 fully saturated rings. The van der Waals surface area contributed by atoms with E-state index in [0.717, 1.165) is 24.0 Å². The summed E-state index contributed by atoms with van der Waals surface area (Å²) >= 11 is 0. The maximum atomic E-state index is 13.2. The molecule has 5 rings (SSSR count). The maximum absolute atomic E-state index is 13.2. The van der Waals surface area contributed by atoms with E-state index in [-0.39, 0.29) is 18.1 Å². The highest BCUT2D eigenvalue weighted by molar-refractivity contribution is 5.91. The smallest absolute Gasteiger partial charge is 0.343 e. The Hall–Kier alpha value is -5.96. The van der Waals surface area contributed by atoms with Crippen molar-refractivity contribution in [2.45, 2.75) is 77.6 Å². The first-order chi connectivity index (χ1) is 27.5. The van der Waals surface area contributed by atoms with Gasteiger partial charge in [-0.2, -0.15) is 10.2 Å². The standard InChI is InChI=1S/C47H52N2O7/c1-3-4-5-6-7-8-9-14-31-53-42-25-21-38(22-26-42)47(51)56-45-34-40(49-48-39-23-29-41(52-2)30-24-39)33-44(35-45)54-32-15-13-18-46(50)55-43-27-19-37(20-28-43)36-16-11-10-12-17-36/h10-12,16-17,19-30,33-35H,3-9,13-15,18,31-32H2,1-2H3. The van der Waals surface area contributed by atoms with Crippen LogP contribution in [0.4, 0.5) is 11.4 Å². The maximum Gasteiger partial charge on any atom is 0.343 e. The van der Waals surface area contributed by atoms with Crippen LogP contribution in [0.15, 0.2) is 132 Å². The Labute approximate surface area is 330 Å². The number of esters is 2. The van der Waals surface area contributed by atoms with E-state index in [9.17, 15) is 9.59 Å². The molecule has 9 nitrogen and oxygen atoms in total. The van der Waals surface area contributed by atoms with Gasteiger partial charge < -0.3 is 23.7 Å². The van der Waals surface area contributed by atoms with Gasteiger partial charge in [0.25, 0.3) is 0 Å². The van der Waals surface area contributed by atoms with Crippen LogP contribution < -0.4 is 23.7 Å². The van der Waals surface area contributed by atoms with Crippen LogP contribution in [0.3, 0.4) is 0 Å². The molecule has 5 aromatic rings. The first kappa shape index (κ1) is 41.2. The molecular weight excluding hydrogens is 705 g/mol. The van der Waals surface area contributed by atoms with Crippen molar-refractivity contribution in [3.05, 3.63) is 127 Å². The Morgan fingerprint density at radius 3 is 1.77 bits per heavy atom. The van der Waals surface area contributed by atoms with Crippen molar-refractivity contribution in [3.8, 4) is 39.9 Å². The number of benzene rings is 5. The molecule has 0 aromatic heterocycles. The summed E-state index contributed by atoms with van der Waals surface area (Å²) < 4.78 is 28.5. The van der Waals surface area contributed by atoms with Gasteiger partial charge in [-0.25, -0.2) is 4.79 Å². The van der Waals surface area contributed by atoms with Gasteiger partial charge in [0.2, 0.25) is 0 Å². The second-order valence-electron chi connectivity index (χ2n) is 13.5. The van der Waals surface area contributed by atoms with E-state index in [1.54, 1.807) is 86.0 Å². The van der Waals surface area contributed by atoms with Gasteiger partial charge in [-0.1, -0.05) is 94.3 Å². The number of carbonyl (C=O) groups is 2. The number of unbranched alkanes of at least 4 members (excludes halogenated alkanes) is 8. The van der Waals surface area contributed by atoms with Gasteiger partial charge in [-0.15, -0.1) is 0 Å². The molecule has 0 radical (unpaired) electrons. The Kier molecular flexibility index (Phi) is 17.0. The van der Waals surface area contributed by atoms with Crippen LogP contribution >= 0.6 is 0 Å². The van der Waals surface area contributed by atoms with Gasteiger partial charge in [0, 0.05) is 24.6 Å². The SMILES string of the molecule is CCCCCCCCCCOc1ccc(C(=O)Oc2cc(N=Nc3ccc(OC)cc3)cc(OCCCCC(=O)Oc3ccc(-c4ccccc4)cc3)c2)cc1. The zero-order valence-corrected chi connectivity index (χ0v) is 32.5. The number of carbonyl (C=O) groups excluding carboxylic acids is 2. The van der Waals surface area contributed by atoms with Crippen molar-refractivity contribution in [1.29, 1.82) is 0 Å². The second kappa shape index (κ2) is 23.1.